The highest BCUT2D eigenvalue weighted by atomic mass is 19.1. The van der Waals surface area contributed by atoms with Crippen LogP contribution in [-0.2, 0) is 22.5 Å². The summed E-state index contributed by atoms with van der Waals surface area (Å²) in [7, 11) is 0. The van der Waals surface area contributed by atoms with Gasteiger partial charge in [0.25, 0.3) is 5.91 Å². The van der Waals surface area contributed by atoms with Gasteiger partial charge in [-0.15, -0.1) is 0 Å². The number of halogens is 1. The molecule has 0 radical (unpaired) electrons. The van der Waals surface area contributed by atoms with E-state index in [9.17, 15) is 14.0 Å². The lowest BCUT2D eigenvalue weighted by Crippen LogP contribution is -2.25. The monoisotopic (exact) mass is 397 g/mol. The summed E-state index contributed by atoms with van der Waals surface area (Å²) in [4.78, 5) is 28.9. The predicted octanol–water partition coefficient (Wildman–Crippen LogP) is 3.49. The van der Waals surface area contributed by atoms with Crippen LogP contribution in [-0.4, -0.2) is 34.1 Å². The van der Waals surface area contributed by atoms with E-state index in [0.29, 0.717) is 24.9 Å². The first-order valence-corrected chi connectivity index (χ1v) is 9.61. The molecule has 0 spiro atoms. The highest BCUT2D eigenvalue weighted by Gasteiger charge is 2.15. The van der Waals surface area contributed by atoms with Crippen molar-refractivity contribution >= 4 is 22.9 Å². The Balaban J connectivity index is 1.63. The number of ether oxygens (including phenoxy) is 1. The summed E-state index contributed by atoms with van der Waals surface area (Å²) in [5.74, 6) is -0.174. The molecule has 152 valence electrons. The summed E-state index contributed by atoms with van der Waals surface area (Å²) in [5, 5.41) is 2.82. The van der Waals surface area contributed by atoms with Gasteiger partial charge < -0.3 is 14.6 Å². The molecule has 29 heavy (non-hydrogen) atoms. The van der Waals surface area contributed by atoms with E-state index >= 15 is 0 Å². The van der Waals surface area contributed by atoms with Crippen LogP contribution in [0.25, 0.3) is 11.0 Å². The molecule has 0 unspecified atom stereocenters. The van der Waals surface area contributed by atoms with Gasteiger partial charge in [0.05, 0.1) is 17.1 Å². The Labute approximate surface area is 168 Å². The van der Waals surface area contributed by atoms with Crippen molar-refractivity contribution in [3.8, 4) is 0 Å². The summed E-state index contributed by atoms with van der Waals surface area (Å²) in [6.07, 6.45) is 1.06. The first-order valence-electron chi connectivity index (χ1n) is 9.61. The molecule has 0 saturated carbocycles. The number of hydrogen-bond donors (Lipinski definition) is 1. The molecule has 7 heteroatoms. The maximum Gasteiger partial charge on any atom is 0.326 e. The third kappa shape index (κ3) is 5.40. The fraction of sp³-hybridized carbons (Fsp3) is 0.318. The number of para-hydroxylation sites is 2. The molecular formula is C22H24FN3O3. The number of carbonyl (C=O) groups is 2. The van der Waals surface area contributed by atoms with Crippen LogP contribution in [0.4, 0.5) is 4.39 Å². The van der Waals surface area contributed by atoms with Crippen LogP contribution in [0.1, 0.15) is 36.5 Å². The molecule has 1 amide bonds. The molecule has 0 aliphatic rings. The first kappa shape index (κ1) is 20.5. The van der Waals surface area contributed by atoms with Gasteiger partial charge in [-0.1, -0.05) is 12.1 Å². The zero-order valence-electron chi connectivity index (χ0n) is 16.5. The number of aromatic nitrogens is 2. The Morgan fingerprint density at radius 3 is 2.59 bits per heavy atom. The van der Waals surface area contributed by atoms with Gasteiger partial charge in [-0.3, -0.25) is 9.59 Å². The van der Waals surface area contributed by atoms with Crippen LogP contribution in [0.5, 0.6) is 0 Å². The number of rotatable bonds is 8. The third-order valence-corrected chi connectivity index (χ3v) is 4.36. The molecule has 0 fully saturated rings. The van der Waals surface area contributed by atoms with Gasteiger partial charge in [0.1, 0.15) is 18.2 Å². The number of imidazole rings is 1. The van der Waals surface area contributed by atoms with E-state index in [4.69, 9.17) is 4.74 Å². The summed E-state index contributed by atoms with van der Waals surface area (Å²) >= 11 is 0. The Bertz CT molecular complexity index is 996. The average molecular weight is 397 g/mol. The number of nitrogens with zero attached hydrogens (tertiary/aromatic N) is 2. The molecule has 2 aromatic carbocycles. The van der Waals surface area contributed by atoms with Crippen LogP contribution >= 0.6 is 0 Å². The van der Waals surface area contributed by atoms with E-state index < -0.39 is 0 Å². The van der Waals surface area contributed by atoms with E-state index in [0.717, 1.165) is 16.9 Å². The molecule has 0 aliphatic heterocycles. The molecule has 3 rings (SSSR count). The van der Waals surface area contributed by atoms with Crippen molar-refractivity contribution in [2.75, 3.05) is 6.54 Å². The zero-order valence-corrected chi connectivity index (χ0v) is 16.5. The van der Waals surface area contributed by atoms with Crippen molar-refractivity contribution in [3.63, 3.8) is 0 Å². The SMILES string of the molecule is CC(C)OC(=O)Cn1c(CCCNC(=O)c2ccc(F)cc2)nc2ccccc21. The second kappa shape index (κ2) is 9.32. The summed E-state index contributed by atoms with van der Waals surface area (Å²) in [6.45, 7) is 4.16. The standard InChI is InChI=1S/C22H24FN3O3/c1-15(2)29-21(27)14-26-19-7-4-3-6-18(19)25-20(26)8-5-13-24-22(28)16-9-11-17(23)12-10-16/h3-4,6-7,9-12,15H,5,8,13-14H2,1-2H3,(H,24,28). The lowest BCUT2D eigenvalue weighted by Gasteiger charge is -2.11. The molecule has 0 aliphatic carbocycles. The Hall–Kier alpha value is -3.22. The Kier molecular flexibility index (Phi) is 6.59. The molecule has 1 N–H and O–H groups in total. The predicted molar refractivity (Wildman–Crippen MR) is 108 cm³/mol. The normalized spacial score (nSPS) is 11.0. The molecule has 0 bridgehead atoms. The second-order valence-corrected chi connectivity index (χ2v) is 7.01. The minimum Gasteiger partial charge on any atom is -0.462 e. The molecule has 3 aromatic rings. The van der Waals surface area contributed by atoms with Gasteiger partial charge in [0.2, 0.25) is 0 Å². The lowest BCUT2D eigenvalue weighted by molar-refractivity contribution is -0.148. The minimum atomic E-state index is -0.378. The van der Waals surface area contributed by atoms with E-state index in [-0.39, 0.29) is 30.3 Å². The van der Waals surface area contributed by atoms with Crippen molar-refractivity contribution in [2.45, 2.75) is 39.3 Å². The molecule has 0 saturated heterocycles. The van der Waals surface area contributed by atoms with Gasteiger partial charge in [0.15, 0.2) is 0 Å². The van der Waals surface area contributed by atoms with E-state index in [1.807, 2.05) is 42.7 Å². The topological polar surface area (TPSA) is 73.2 Å². The maximum absolute atomic E-state index is 13.0. The molecule has 0 atom stereocenters. The van der Waals surface area contributed by atoms with Gasteiger partial charge in [0, 0.05) is 18.5 Å². The summed E-state index contributed by atoms with van der Waals surface area (Å²) in [6, 6.07) is 13.0. The lowest BCUT2D eigenvalue weighted by atomic mass is 10.2. The number of nitrogens with one attached hydrogen (secondary N) is 1. The van der Waals surface area contributed by atoms with Crippen LogP contribution in [0.3, 0.4) is 0 Å². The number of fused-ring (bicyclic) bond motifs is 1. The number of esters is 1. The highest BCUT2D eigenvalue weighted by molar-refractivity contribution is 5.94. The number of benzene rings is 2. The van der Waals surface area contributed by atoms with Gasteiger partial charge in [-0.25, -0.2) is 9.37 Å². The van der Waals surface area contributed by atoms with Crippen molar-refractivity contribution in [1.82, 2.24) is 14.9 Å². The highest BCUT2D eigenvalue weighted by Crippen LogP contribution is 2.17. The van der Waals surface area contributed by atoms with Crippen LogP contribution in [0.2, 0.25) is 0 Å². The van der Waals surface area contributed by atoms with Crippen molar-refractivity contribution < 1.29 is 18.7 Å². The maximum atomic E-state index is 13.0. The number of aryl methyl sites for hydroxylation is 1. The number of carbonyl (C=O) groups excluding carboxylic acids is 2. The van der Waals surface area contributed by atoms with Crippen LogP contribution in [0.15, 0.2) is 48.5 Å². The molecule has 1 aromatic heterocycles. The van der Waals surface area contributed by atoms with E-state index in [1.165, 1.54) is 24.3 Å². The Morgan fingerprint density at radius 2 is 1.86 bits per heavy atom. The molecular weight excluding hydrogens is 373 g/mol. The van der Waals surface area contributed by atoms with Crippen LogP contribution in [0, 0.1) is 5.82 Å². The molecule has 6 nitrogen and oxygen atoms in total. The van der Waals surface area contributed by atoms with E-state index in [2.05, 4.69) is 10.3 Å². The Morgan fingerprint density at radius 1 is 1.14 bits per heavy atom. The first-order chi connectivity index (χ1) is 13.9. The fourth-order valence-corrected chi connectivity index (χ4v) is 3.07. The van der Waals surface area contributed by atoms with Crippen molar-refractivity contribution in [3.05, 3.63) is 65.7 Å². The van der Waals surface area contributed by atoms with Gasteiger partial charge in [-0.2, -0.15) is 0 Å². The average Bonchev–Trinajstić information content (AvgIpc) is 3.02. The summed E-state index contributed by atoms with van der Waals surface area (Å²) in [5.41, 5.74) is 2.10. The molecule has 1 heterocycles. The number of amides is 1. The van der Waals surface area contributed by atoms with Crippen LogP contribution < -0.4 is 5.32 Å². The minimum absolute atomic E-state index is 0.0932. The van der Waals surface area contributed by atoms with Crippen molar-refractivity contribution in [1.29, 1.82) is 0 Å². The smallest absolute Gasteiger partial charge is 0.326 e. The van der Waals surface area contributed by atoms with Crippen molar-refractivity contribution in [2.24, 2.45) is 0 Å². The second-order valence-electron chi connectivity index (χ2n) is 7.01. The third-order valence-electron chi connectivity index (χ3n) is 4.36. The summed E-state index contributed by atoms with van der Waals surface area (Å²) < 4.78 is 20.1. The zero-order chi connectivity index (χ0) is 20.8. The van der Waals surface area contributed by atoms with E-state index in [1.54, 1.807) is 0 Å². The largest absolute Gasteiger partial charge is 0.462 e. The fourth-order valence-electron chi connectivity index (χ4n) is 3.07. The number of hydrogen-bond acceptors (Lipinski definition) is 4. The van der Waals surface area contributed by atoms with Gasteiger partial charge in [-0.05, 0) is 56.7 Å². The van der Waals surface area contributed by atoms with Gasteiger partial charge >= 0.3 is 5.97 Å². The quantitative estimate of drug-likeness (QED) is 0.466.